The van der Waals surface area contributed by atoms with Crippen LogP contribution >= 0.6 is 12.2 Å². The number of aromatic nitrogens is 3. The third-order valence-corrected chi connectivity index (χ3v) is 3.27. The van der Waals surface area contributed by atoms with E-state index in [4.69, 9.17) is 21.7 Å². The highest BCUT2D eigenvalue weighted by Gasteiger charge is 2.10. The maximum absolute atomic E-state index is 12.0. The first-order valence-corrected chi connectivity index (χ1v) is 6.88. The fourth-order valence-corrected chi connectivity index (χ4v) is 2.39. The van der Waals surface area contributed by atoms with E-state index in [2.05, 4.69) is 4.98 Å². The van der Waals surface area contributed by atoms with Crippen LogP contribution in [-0.4, -0.2) is 33.9 Å². The lowest BCUT2D eigenvalue weighted by molar-refractivity contribution is 0.0729. The van der Waals surface area contributed by atoms with Gasteiger partial charge in [0.2, 0.25) is 0 Å². The maximum Gasteiger partial charge on any atom is 0.276 e. The van der Waals surface area contributed by atoms with Crippen molar-refractivity contribution in [2.75, 3.05) is 13.7 Å². The van der Waals surface area contributed by atoms with Crippen molar-refractivity contribution in [3.05, 3.63) is 27.4 Å². The number of aromatic amines is 1. The molecule has 0 aliphatic carbocycles. The quantitative estimate of drug-likeness (QED) is 0.827. The summed E-state index contributed by atoms with van der Waals surface area (Å²) in [6.45, 7) is 5.43. The zero-order chi connectivity index (χ0) is 14.7. The Morgan fingerprint density at radius 1 is 1.45 bits per heavy atom. The van der Waals surface area contributed by atoms with Crippen molar-refractivity contribution < 1.29 is 9.47 Å². The molecule has 0 spiro atoms. The van der Waals surface area contributed by atoms with Crippen LogP contribution in [-0.2, 0) is 22.7 Å². The minimum absolute atomic E-state index is 0.167. The van der Waals surface area contributed by atoms with Gasteiger partial charge in [-0.25, -0.2) is 0 Å². The number of methoxy groups -OCH3 is 1. The molecule has 0 aliphatic heterocycles. The Hall–Kier alpha value is -1.44. The normalized spacial score (nSPS) is 11.6. The van der Waals surface area contributed by atoms with Gasteiger partial charge in [-0.1, -0.05) is 0 Å². The molecule has 2 heterocycles. The summed E-state index contributed by atoms with van der Waals surface area (Å²) in [5, 5.41) is 0. The van der Waals surface area contributed by atoms with Crippen molar-refractivity contribution in [3.63, 3.8) is 0 Å². The summed E-state index contributed by atoms with van der Waals surface area (Å²) < 4.78 is 14.7. The Kier molecular flexibility index (Phi) is 4.74. The van der Waals surface area contributed by atoms with Gasteiger partial charge in [-0.05, 0) is 32.1 Å². The molecular weight excluding hydrogens is 278 g/mol. The molecule has 0 unspecified atom stereocenters. The van der Waals surface area contributed by atoms with Crippen LogP contribution in [0, 0.1) is 4.77 Å². The number of nitrogens with one attached hydrogen (secondary N) is 1. The largest absolute Gasteiger partial charge is 0.377 e. The van der Waals surface area contributed by atoms with Crippen molar-refractivity contribution in [2.45, 2.75) is 33.2 Å². The Morgan fingerprint density at radius 2 is 2.20 bits per heavy atom. The number of H-pyrrole nitrogens is 1. The molecule has 0 aliphatic rings. The fourth-order valence-electron chi connectivity index (χ4n) is 2.11. The van der Waals surface area contributed by atoms with E-state index in [0.29, 0.717) is 30.2 Å². The number of rotatable bonds is 6. The molecule has 110 valence electrons. The van der Waals surface area contributed by atoms with E-state index in [0.717, 1.165) is 5.52 Å². The third kappa shape index (κ3) is 3.00. The smallest absolute Gasteiger partial charge is 0.276 e. The third-order valence-electron chi connectivity index (χ3n) is 2.95. The molecule has 2 aromatic heterocycles. The first-order valence-electron chi connectivity index (χ1n) is 6.47. The monoisotopic (exact) mass is 297 g/mol. The van der Waals surface area contributed by atoms with Gasteiger partial charge in [0.25, 0.3) is 5.56 Å². The van der Waals surface area contributed by atoms with Crippen LogP contribution in [0.25, 0.3) is 11.0 Å². The average Bonchev–Trinajstić information content (AvgIpc) is 2.77. The van der Waals surface area contributed by atoms with Gasteiger partial charge in [-0.15, -0.1) is 0 Å². The van der Waals surface area contributed by atoms with E-state index in [1.54, 1.807) is 11.7 Å². The summed E-state index contributed by atoms with van der Waals surface area (Å²) in [5.74, 6) is 0. The summed E-state index contributed by atoms with van der Waals surface area (Å²) >= 11 is 5.23. The Balaban J connectivity index is 2.44. The molecule has 0 fully saturated rings. The molecule has 6 nitrogen and oxygen atoms in total. The van der Waals surface area contributed by atoms with Crippen LogP contribution in [0.2, 0.25) is 0 Å². The van der Waals surface area contributed by atoms with E-state index in [1.807, 2.05) is 30.7 Å². The first kappa shape index (κ1) is 15.0. The van der Waals surface area contributed by atoms with Gasteiger partial charge >= 0.3 is 0 Å². The maximum atomic E-state index is 12.0. The standard InChI is InChI=1S/C13H19N3O3S/c1-9(2)19-7-6-16-10-4-5-15(8-18-3)11(10)12(17)14-13(16)20/h4-5,9H,6-8H2,1-3H3,(H,14,17,20). The highest BCUT2D eigenvalue weighted by Crippen LogP contribution is 2.12. The summed E-state index contributed by atoms with van der Waals surface area (Å²) in [6, 6.07) is 1.87. The molecule has 1 N–H and O–H groups in total. The van der Waals surface area contributed by atoms with Crippen LogP contribution in [0.1, 0.15) is 13.8 Å². The molecule has 2 aromatic rings. The van der Waals surface area contributed by atoms with Crippen LogP contribution in [0.3, 0.4) is 0 Å². The van der Waals surface area contributed by atoms with Gasteiger partial charge < -0.3 is 18.6 Å². The molecule has 0 radical (unpaired) electrons. The Bertz CT molecular complexity index is 699. The lowest BCUT2D eigenvalue weighted by Crippen LogP contribution is -2.19. The molecule has 20 heavy (non-hydrogen) atoms. The minimum atomic E-state index is -0.201. The van der Waals surface area contributed by atoms with Crippen molar-refractivity contribution >= 4 is 23.3 Å². The van der Waals surface area contributed by atoms with Gasteiger partial charge in [-0.2, -0.15) is 0 Å². The number of hydrogen-bond donors (Lipinski definition) is 1. The molecular formula is C13H19N3O3S. The molecule has 0 bridgehead atoms. The summed E-state index contributed by atoms with van der Waals surface area (Å²) in [4.78, 5) is 14.7. The highest BCUT2D eigenvalue weighted by atomic mass is 32.1. The molecule has 0 aromatic carbocycles. The molecule has 0 atom stereocenters. The van der Waals surface area contributed by atoms with Gasteiger partial charge in [-0.3, -0.25) is 9.78 Å². The predicted octanol–water partition coefficient (Wildman–Crippen LogP) is 1.89. The van der Waals surface area contributed by atoms with Crippen LogP contribution in [0.4, 0.5) is 0 Å². The lowest BCUT2D eigenvalue weighted by atomic mass is 10.4. The van der Waals surface area contributed by atoms with E-state index in [1.165, 1.54) is 0 Å². The second-order valence-corrected chi connectivity index (χ2v) is 5.15. The number of fused-ring (bicyclic) bond motifs is 1. The van der Waals surface area contributed by atoms with E-state index >= 15 is 0 Å². The van der Waals surface area contributed by atoms with E-state index in [9.17, 15) is 4.79 Å². The van der Waals surface area contributed by atoms with Crippen molar-refractivity contribution in [2.24, 2.45) is 0 Å². The highest BCUT2D eigenvalue weighted by molar-refractivity contribution is 7.71. The van der Waals surface area contributed by atoms with Gasteiger partial charge in [0.05, 0.1) is 18.2 Å². The summed E-state index contributed by atoms with van der Waals surface area (Å²) in [6.07, 6.45) is 1.98. The fraction of sp³-hybridized carbons (Fsp3) is 0.538. The van der Waals surface area contributed by atoms with E-state index < -0.39 is 0 Å². The van der Waals surface area contributed by atoms with E-state index in [-0.39, 0.29) is 11.7 Å². The first-order chi connectivity index (χ1) is 9.54. The summed E-state index contributed by atoms with van der Waals surface area (Å²) in [5.41, 5.74) is 1.15. The SMILES string of the molecule is COCn1ccc2c1c(=O)[nH]c(=S)n2CCOC(C)C. The minimum Gasteiger partial charge on any atom is -0.377 e. The average molecular weight is 297 g/mol. The second-order valence-electron chi connectivity index (χ2n) is 4.77. The predicted molar refractivity (Wildman–Crippen MR) is 79.5 cm³/mol. The summed E-state index contributed by atoms with van der Waals surface area (Å²) in [7, 11) is 1.59. The van der Waals surface area contributed by atoms with Gasteiger partial charge in [0.1, 0.15) is 12.2 Å². The van der Waals surface area contributed by atoms with Gasteiger partial charge in [0, 0.05) is 19.9 Å². The number of hydrogen-bond acceptors (Lipinski definition) is 4. The van der Waals surface area contributed by atoms with Crippen LogP contribution < -0.4 is 5.56 Å². The van der Waals surface area contributed by atoms with Crippen LogP contribution in [0.15, 0.2) is 17.1 Å². The second kappa shape index (κ2) is 6.34. The molecule has 7 heteroatoms. The zero-order valence-corrected chi connectivity index (χ0v) is 12.7. The molecule has 0 amide bonds. The van der Waals surface area contributed by atoms with Gasteiger partial charge in [0.15, 0.2) is 4.77 Å². The molecule has 0 saturated carbocycles. The Morgan fingerprint density at radius 3 is 2.85 bits per heavy atom. The zero-order valence-electron chi connectivity index (χ0n) is 11.9. The van der Waals surface area contributed by atoms with Crippen molar-refractivity contribution in [3.8, 4) is 0 Å². The number of ether oxygens (including phenoxy) is 2. The molecule has 0 saturated heterocycles. The molecule has 2 rings (SSSR count). The van der Waals surface area contributed by atoms with Crippen molar-refractivity contribution in [1.82, 2.24) is 14.1 Å². The van der Waals surface area contributed by atoms with Crippen LogP contribution in [0.5, 0.6) is 0 Å². The Labute approximate surface area is 121 Å². The number of nitrogens with zero attached hydrogens (tertiary/aromatic N) is 2. The van der Waals surface area contributed by atoms with Crippen molar-refractivity contribution in [1.29, 1.82) is 0 Å². The topological polar surface area (TPSA) is 61.2 Å². The lowest BCUT2D eigenvalue weighted by Gasteiger charge is -2.11.